The number of carbonyl (C=O) groups is 3. The molecule has 1 fully saturated rings. The summed E-state index contributed by atoms with van der Waals surface area (Å²) in [5, 5.41) is 3.07. The van der Waals surface area contributed by atoms with E-state index in [9.17, 15) is 9.59 Å². The van der Waals surface area contributed by atoms with E-state index in [-0.39, 0.29) is 17.3 Å². The van der Waals surface area contributed by atoms with E-state index in [0.29, 0.717) is 38.5 Å². The molecule has 4 aromatic carbocycles. The summed E-state index contributed by atoms with van der Waals surface area (Å²) in [6.07, 6.45) is 3.78. The summed E-state index contributed by atoms with van der Waals surface area (Å²) in [4.78, 5) is 46.7. The normalized spacial score (nSPS) is 22.4. The van der Waals surface area contributed by atoms with Gasteiger partial charge in [-0.15, -0.1) is 0 Å². The molecule has 226 valence electrons. The first-order chi connectivity index (χ1) is 21.8. The highest BCUT2D eigenvalue weighted by molar-refractivity contribution is 9.10. The summed E-state index contributed by atoms with van der Waals surface area (Å²) in [5.41, 5.74) is 2.19. The molecule has 8 nitrogen and oxygen atoms in total. The lowest BCUT2D eigenvalue weighted by molar-refractivity contribution is -0.122. The van der Waals surface area contributed by atoms with E-state index in [1.165, 1.54) is 14.2 Å². The zero-order valence-corrected chi connectivity index (χ0v) is 26.3. The third-order valence-electron chi connectivity index (χ3n) is 9.23. The van der Waals surface area contributed by atoms with Crippen molar-refractivity contribution in [2.45, 2.75) is 17.5 Å². The molecule has 1 saturated heterocycles. The van der Waals surface area contributed by atoms with Gasteiger partial charge >= 0.3 is 0 Å². The molecule has 0 radical (unpaired) electrons. The summed E-state index contributed by atoms with van der Waals surface area (Å²) < 4.78 is 17.2. The van der Waals surface area contributed by atoms with Crippen molar-refractivity contribution in [1.82, 2.24) is 4.90 Å². The van der Waals surface area contributed by atoms with Gasteiger partial charge in [0.2, 0.25) is 5.91 Å². The van der Waals surface area contributed by atoms with Crippen LogP contribution in [0, 0.1) is 5.92 Å². The zero-order valence-electron chi connectivity index (χ0n) is 24.7. The second kappa shape index (κ2) is 10.9. The number of hydrogen-bond acceptors (Lipinski definition) is 7. The van der Waals surface area contributed by atoms with Crippen molar-refractivity contribution >= 4 is 45.2 Å². The minimum absolute atomic E-state index is 0.226. The largest absolute Gasteiger partial charge is 0.497 e. The number of fused-ring (bicyclic) bond motifs is 6. The van der Waals surface area contributed by atoms with Crippen LogP contribution in [0.4, 0.5) is 5.69 Å². The van der Waals surface area contributed by atoms with Crippen LogP contribution in [0.3, 0.4) is 0 Å². The van der Waals surface area contributed by atoms with Crippen molar-refractivity contribution in [2.75, 3.05) is 26.6 Å². The van der Waals surface area contributed by atoms with E-state index in [4.69, 9.17) is 14.2 Å². The number of hydrogen-bond donors (Lipinski definition) is 1. The van der Waals surface area contributed by atoms with Gasteiger partial charge in [-0.2, -0.15) is 0 Å². The molecular weight excluding hydrogens is 636 g/mol. The van der Waals surface area contributed by atoms with Gasteiger partial charge in [0.05, 0.1) is 43.3 Å². The number of halogens is 1. The molecule has 9 heteroatoms. The van der Waals surface area contributed by atoms with Crippen LogP contribution in [0.1, 0.15) is 43.4 Å². The van der Waals surface area contributed by atoms with Crippen LogP contribution in [0.25, 0.3) is 6.08 Å². The van der Waals surface area contributed by atoms with Crippen LogP contribution in [0.5, 0.6) is 17.2 Å². The summed E-state index contributed by atoms with van der Waals surface area (Å²) in [7, 11) is 4.55. The van der Waals surface area contributed by atoms with Gasteiger partial charge in [0, 0.05) is 17.5 Å². The molecule has 1 amide bonds. The number of ether oxygens (including phenoxy) is 3. The predicted molar refractivity (Wildman–Crippen MR) is 173 cm³/mol. The molecule has 45 heavy (non-hydrogen) atoms. The van der Waals surface area contributed by atoms with Gasteiger partial charge in [0.25, 0.3) is 0 Å². The fourth-order valence-corrected chi connectivity index (χ4v) is 7.87. The van der Waals surface area contributed by atoms with E-state index in [0.717, 1.165) is 11.1 Å². The predicted octanol–water partition coefficient (Wildman–Crippen LogP) is 6.46. The minimum Gasteiger partial charge on any atom is -0.497 e. The Morgan fingerprint density at radius 2 is 1.58 bits per heavy atom. The van der Waals surface area contributed by atoms with Crippen LogP contribution in [0.2, 0.25) is 0 Å². The van der Waals surface area contributed by atoms with Crippen molar-refractivity contribution in [2.24, 2.45) is 5.92 Å². The number of nitrogens with zero attached hydrogens (tertiary/aromatic N) is 1. The quantitative estimate of drug-likeness (QED) is 0.227. The van der Waals surface area contributed by atoms with Crippen molar-refractivity contribution in [3.05, 3.63) is 123 Å². The monoisotopic (exact) mass is 664 g/mol. The SMILES string of the molecule is COc1ccc(OC)c(C(=O)[C@@H]2[C@@H](C(=O)c3ccc(OC)c(Br)c3)N3C=Cc4ccccc4[C@@H]3[C@]23C(=O)Nc2ccccc23)c1. The van der Waals surface area contributed by atoms with Crippen molar-refractivity contribution < 1.29 is 28.6 Å². The summed E-state index contributed by atoms with van der Waals surface area (Å²) >= 11 is 3.51. The van der Waals surface area contributed by atoms with Gasteiger partial charge in [-0.3, -0.25) is 14.4 Å². The molecule has 4 atom stereocenters. The Kier molecular flexibility index (Phi) is 7.00. The summed E-state index contributed by atoms with van der Waals surface area (Å²) in [6, 6.07) is 23.6. The van der Waals surface area contributed by atoms with Crippen molar-refractivity contribution in [3.8, 4) is 17.2 Å². The van der Waals surface area contributed by atoms with E-state index in [2.05, 4.69) is 21.2 Å². The standard InChI is InChI=1S/C36H29BrN2O6/c1-43-22-13-15-28(44-2)24(19-22)33(41)30-31(32(40)21-12-14-29(45-3)26(37)18-21)39-17-16-20-8-4-5-9-23(20)34(39)36(30)25-10-6-7-11-27(25)38-35(36)42/h4-19,30-31,34H,1-3H3,(H,38,42)/t30-,31-,34+,36+/m0/s1. The van der Waals surface area contributed by atoms with Gasteiger partial charge in [-0.05, 0) is 81.2 Å². The molecule has 3 aliphatic rings. The Bertz CT molecular complexity index is 1920. The topological polar surface area (TPSA) is 94.2 Å². The lowest BCUT2D eigenvalue weighted by atomic mass is 9.62. The number of benzene rings is 4. The lowest BCUT2D eigenvalue weighted by Crippen LogP contribution is -2.49. The maximum Gasteiger partial charge on any atom is 0.238 e. The van der Waals surface area contributed by atoms with Gasteiger partial charge in [0.1, 0.15) is 28.7 Å². The molecule has 1 spiro atoms. The first-order valence-corrected chi connectivity index (χ1v) is 15.2. The Morgan fingerprint density at radius 1 is 0.844 bits per heavy atom. The molecular formula is C36H29BrN2O6. The van der Waals surface area contributed by atoms with Crippen molar-refractivity contribution in [3.63, 3.8) is 0 Å². The molecule has 1 N–H and O–H groups in total. The second-order valence-electron chi connectivity index (χ2n) is 11.2. The molecule has 3 aliphatic heterocycles. The maximum absolute atomic E-state index is 15.2. The Labute approximate surface area is 268 Å². The molecule has 0 aromatic heterocycles. The van der Waals surface area contributed by atoms with Gasteiger partial charge in [-0.1, -0.05) is 42.5 Å². The van der Waals surface area contributed by atoms with Gasteiger partial charge in [-0.25, -0.2) is 0 Å². The van der Waals surface area contributed by atoms with E-state index >= 15 is 4.79 Å². The maximum atomic E-state index is 15.2. The summed E-state index contributed by atoms with van der Waals surface area (Å²) in [5.74, 6) is -0.858. The second-order valence-corrected chi connectivity index (χ2v) is 12.1. The first-order valence-electron chi connectivity index (χ1n) is 14.4. The molecule has 0 unspecified atom stereocenters. The molecule has 0 bridgehead atoms. The molecule has 4 aromatic rings. The average Bonchev–Trinajstić information content (AvgIpc) is 3.55. The number of rotatable bonds is 7. The van der Waals surface area contributed by atoms with Crippen LogP contribution >= 0.6 is 15.9 Å². The molecule has 0 aliphatic carbocycles. The summed E-state index contributed by atoms with van der Waals surface area (Å²) in [6.45, 7) is 0. The number of ketones is 2. The molecule has 0 saturated carbocycles. The Morgan fingerprint density at radius 3 is 2.33 bits per heavy atom. The highest BCUT2D eigenvalue weighted by Gasteiger charge is 2.71. The van der Waals surface area contributed by atoms with Crippen LogP contribution < -0.4 is 19.5 Å². The number of para-hydroxylation sites is 1. The van der Waals surface area contributed by atoms with Gasteiger partial charge in [0.15, 0.2) is 11.6 Å². The third-order valence-corrected chi connectivity index (χ3v) is 9.85. The van der Waals surface area contributed by atoms with Crippen LogP contribution in [0.15, 0.2) is 95.6 Å². The highest BCUT2D eigenvalue weighted by atomic mass is 79.9. The number of anilines is 1. The number of amides is 1. The molecule has 7 rings (SSSR count). The minimum atomic E-state index is -1.47. The Balaban J connectivity index is 1.54. The smallest absolute Gasteiger partial charge is 0.238 e. The fourth-order valence-electron chi connectivity index (χ4n) is 7.33. The highest BCUT2D eigenvalue weighted by Crippen LogP contribution is 2.62. The Hall–Kier alpha value is -4.89. The average molecular weight is 666 g/mol. The van der Waals surface area contributed by atoms with Crippen molar-refractivity contribution in [1.29, 1.82) is 0 Å². The third kappa shape index (κ3) is 4.14. The molecule has 3 heterocycles. The zero-order chi connectivity index (χ0) is 31.5. The van der Waals surface area contributed by atoms with E-state index < -0.39 is 29.2 Å². The number of Topliss-reactive ketones (excluding diaryl/α,β-unsaturated/α-hetero) is 2. The lowest BCUT2D eigenvalue weighted by Gasteiger charge is -2.38. The van der Waals surface area contributed by atoms with E-state index in [1.807, 2.05) is 65.7 Å². The van der Waals surface area contributed by atoms with Crippen LogP contribution in [-0.2, 0) is 10.2 Å². The number of nitrogens with one attached hydrogen (secondary N) is 1. The van der Waals surface area contributed by atoms with E-state index in [1.54, 1.807) is 43.5 Å². The number of carbonyl (C=O) groups excluding carboxylic acids is 3. The fraction of sp³-hybridized carbons (Fsp3) is 0.194. The van der Waals surface area contributed by atoms with Gasteiger partial charge < -0.3 is 24.4 Å². The first kappa shape index (κ1) is 28.9. The van der Waals surface area contributed by atoms with Crippen LogP contribution in [-0.4, -0.2) is 49.7 Å². The number of methoxy groups -OCH3 is 3.